The molecule has 0 aromatic heterocycles. The number of hydrogen-bond acceptors (Lipinski definition) is 6. The molecule has 0 saturated carbocycles. The third-order valence-corrected chi connectivity index (χ3v) is 8.56. The molecule has 1 heterocycles. The van der Waals surface area contributed by atoms with Gasteiger partial charge in [-0.1, -0.05) is 69.1 Å². The molecule has 1 amide bonds. The first-order valence-electron chi connectivity index (χ1n) is 12.9. The predicted octanol–water partition coefficient (Wildman–Crippen LogP) is 5.01. The third kappa shape index (κ3) is 6.26. The number of aliphatic hydroxyl groups excluding tert-OH is 1. The van der Waals surface area contributed by atoms with Crippen LogP contribution < -0.4 is 11.1 Å². The van der Waals surface area contributed by atoms with Crippen molar-refractivity contribution in [2.24, 2.45) is 17.1 Å². The van der Waals surface area contributed by atoms with Crippen molar-refractivity contribution >= 4 is 35.1 Å². The maximum absolute atomic E-state index is 15.7. The number of rotatable bonds is 10. The Morgan fingerprint density at radius 1 is 1.25 bits per heavy atom. The first-order chi connectivity index (χ1) is 18.6. The number of halogens is 4. The zero-order valence-corrected chi connectivity index (χ0v) is 24.2. The Morgan fingerprint density at radius 2 is 1.93 bits per heavy atom. The van der Waals surface area contributed by atoms with E-state index in [2.05, 4.69) is 11.4 Å². The van der Waals surface area contributed by atoms with Crippen LogP contribution in [-0.4, -0.2) is 41.8 Å². The molecule has 5 atom stereocenters. The highest BCUT2D eigenvalue weighted by molar-refractivity contribution is 6.31. The summed E-state index contributed by atoms with van der Waals surface area (Å²) in [4.78, 5) is 24.7. The lowest BCUT2D eigenvalue weighted by Gasteiger charge is -2.39. The summed E-state index contributed by atoms with van der Waals surface area (Å²) in [7, 11) is 0. The standard InChI is InChI=1S/C29H33Cl2F2N3O4/c1-15(2)28(3,4)12-22-29(14-34,19-9-8-16(30)10-21(19)32)24(18-6-5-7-20(31)25(18)33)26(36-22)27(39)40-13-17(37)11-23(35)38/h5-10,15,17,22,24,26,36-37H,11-13H2,1-4H3,(H2,35,38)/t17-,22-,24-,26+,29-/m0/s1. The van der Waals surface area contributed by atoms with Gasteiger partial charge in [0.15, 0.2) is 0 Å². The third-order valence-electron chi connectivity index (χ3n) is 8.03. The molecule has 1 fully saturated rings. The van der Waals surface area contributed by atoms with Crippen molar-refractivity contribution in [3.05, 3.63) is 69.2 Å². The Morgan fingerprint density at radius 3 is 2.50 bits per heavy atom. The second-order valence-corrected chi connectivity index (χ2v) is 12.1. The van der Waals surface area contributed by atoms with Crippen LogP contribution in [0.15, 0.2) is 36.4 Å². The molecule has 1 saturated heterocycles. The van der Waals surface area contributed by atoms with Gasteiger partial charge in [-0.05, 0) is 41.5 Å². The van der Waals surface area contributed by atoms with E-state index in [9.17, 15) is 20.0 Å². The van der Waals surface area contributed by atoms with Crippen LogP contribution in [0.1, 0.15) is 57.6 Å². The lowest BCUT2D eigenvalue weighted by atomic mass is 9.61. The number of amides is 1. The summed E-state index contributed by atoms with van der Waals surface area (Å²) in [5.41, 5.74) is 2.74. The van der Waals surface area contributed by atoms with Crippen LogP contribution in [-0.2, 0) is 19.7 Å². The smallest absolute Gasteiger partial charge is 0.323 e. The Balaban J connectivity index is 2.26. The molecule has 4 N–H and O–H groups in total. The predicted molar refractivity (Wildman–Crippen MR) is 148 cm³/mol. The molecule has 216 valence electrons. The zero-order chi connectivity index (χ0) is 30.0. The van der Waals surface area contributed by atoms with Gasteiger partial charge in [-0.15, -0.1) is 0 Å². The van der Waals surface area contributed by atoms with Gasteiger partial charge >= 0.3 is 5.97 Å². The number of ether oxygens (including phenoxy) is 1. The highest BCUT2D eigenvalue weighted by Crippen LogP contribution is 2.53. The molecule has 1 aliphatic heterocycles. The molecule has 7 nitrogen and oxygen atoms in total. The number of benzene rings is 2. The number of nitrogens with one attached hydrogen (secondary N) is 1. The van der Waals surface area contributed by atoms with Crippen LogP contribution in [0.4, 0.5) is 8.78 Å². The maximum Gasteiger partial charge on any atom is 0.323 e. The molecule has 0 unspecified atom stereocenters. The van der Waals surface area contributed by atoms with E-state index >= 15 is 8.78 Å². The van der Waals surface area contributed by atoms with Gasteiger partial charge in [0.05, 0.1) is 23.6 Å². The number of hydrogen-bond donors (Lipinski definition) is 3. The van der Waals surface area contributed by atoms with E-state index in [1.807, 2.05) is 27.7 Å². The zero-order valence-electron chi connectivity index (χ0n) is 22.7. The molecule has 0 bridgehead atoms. The van der Waals surface area contributed by atoms with Crippen LogP contribution in [0.25, 0.3) is 0 Å². The van der Waals surface area contributed by atoms with E-state index in [1.165, 1.54) is 30.3 Å². The quantitative estimate of drug-likeness (QED) is 0.331. The number of nitrogens with zero attached hydrogens (tertiary/aromatic N) is 1. The van der Waals surface area contributed by atoms with Crippen molar-refractivity contribution in [1.82, 2.24) is 5.32 Å². The molecular weight excluding hydrogens is 563 g/mol. The van der Waals surface area contributed by atoms with E-state index in [1.54, 1.807) is 0 Å². The number of carbonyl (C=O) groups is 2. The fraction of sp³-hybridized carbons (Fsp3) is 0.483. The summed E-state index contributed by atoms with van der Waals surface area (Å²) in [5.74, 6) is -4.55. The summed E-state index contributed by atoms with van der Waals surface area (Å²) in [6.07, 6.45) is -1.51. The van der Waals surface area contributed by atoms with Crippen molar-refractivity contribution in [3.63, 3.8) is 0 Å². The summed E-state index contributed by atoms with van der Waals surface area (Å²) in [6, 6.07) is 8.12. The van der Waals surface area contributed by atoms with E-state index in [0.717, 1.165) is 6.07 Å². The Kier molecular flexibility index (Phi) is 9.84. The second kappa shape index (κ2) is 12.4. The molecule has 0 aliphatic carbocycles. The highest BCUT2D eigenvalue weighted by Gasteiger charge is 2.62. The number of esters is 1. The van der Waals surface area contributed by atoms with Gasteiger partial charge in [0.2, 0.25) is 5.91 Å². The molecule has 3 rings (SSSR count). The number of primary amides is 1. The topological polar surface area (TPSA) is 125 Å². The van der Waals surface area contributed by atoms with Gasteiger partial charge in [-0.3, -0.25) is 14.9 Å². The van der Waals surface area contributed by atoms with Gasteiger partial charge in [0.25, 0.3) is 0 Å². The average molecular weight is 597 g/mol. The van der Waals surface area contributed by atoms with Crippen LogP contribution in [0.3, 0.4) is 0 Å². The van der Waals surface area contributed by atoms with Gasteiger partial charge in [0.1, 0.15) is 29.7 Å². The van der Waals surface area contributed by atoms with Crippen LogP contribution >= 0.6 is 23.2 Å². The molecule has 0 radical (unpaired) electrons. The minimum atomic E-state index is -1.82. The Hall–Kier alpha value is -2.77. The maximum atomic E-state index is 15.7. The minimum Gasteiger partial charge on any atom is -0.462 e. The largest absolute Gasteiger partial charge is 0.462 e. The van der Waals surface area contributed by atoms with E-state index in [-0.39, 0.29) is 27.1 Å². The van der Waals surface area contributed by atoms with E-state index in [0.29, 0.717) is 6.42 Å². The molecule has 2 aromatic carbocycles. The Labute approximate surface area is 242 Å². The van der Waals surface area contributed by atoms with Gasteiger partial charge < -0.3 is 15.6 Å². The molecule has 40 heavy (non-hydrogen) atoms. The monoisotopic (exact) mass is 595 g/mol. The first-order valence-corrected chi connectivity index (χ1v) is 13.6. The van der Waals surface area contributed by atoms with Crippen molar-refractivity contribution in [2.75, 3.05) is 6.61 Å². The van der Waals surface area contributed by atoms with Gasteiger partial charge in [-0.2, -0.15) is 5.26 Å². The van der Waals surface area contributed by atoms with Gasteiger partial charge in [-0.25, -0.2) is 8.78 Å². The summed E-state index contributed by atoms with van der Waals surface area (Å²) in [5, 5.41) is 24.0. The van der Waals surface area contributed by atoms with E-state index in [4.69, 9.17) is 33.7 Å². The number of aliphatic hydroxyl groups is 1. The van der Waals surface area contributed by atoms with Crippen molar-refractivity contribution in [3.8, 4) is 6.07 Å². The minimum absolute atomic E-state index is 0.0649. The average Bonchev–Trinajstić information content (AvgIpc) is 3.17. The summed E-state index contributed by atoms with van der Waals surface area (Å²) < 4.78 is 36.7. The second-order valence-electron chi connectivity index (χ2n) is 11.2. The Bertz CT molecular complexity index is 1320. The molecule has 2 aromatic rings. The normalized spacial score (nSPS) is 23.6. The summed E-state index contributed by atoms with van der Waals surface area (Å²) in [6.45, 7) is 7.42. The number of nitrogens with two attached hydrogens (primary N) is 1. The fourth-order valence-corrected chi connectivity index (χ4v) is 5.58. The van der Waals surface area contributed by atoms with Gasteiger partial charge in [0, 0.05) is 22.5 Å². The summed E-state index contributed by atoms with van der Waals surface area (Å²) >= 11 is 12.2. The van der Waals surface area contributed by atoms with Crippen molar-refractivity contribution in [2.45, 2.75) is 70.1 Å². The molecule has 1 aliphatic rings. The number of carbonyl (C=O) groups excluding carboxylic acids is 2. The van der Waals surface area contributed by atoms with E-state index < -0.39 is 71.5 Å². The number of nitriles is 1. The van der Waals surface area contributed by atoms with Crippen molar-refractivity contribution < 1.29 is 28.2 Å². The first kappa shape index (κ1) is 31.8. The molecular formula is C29H33Cl2F2N3O4. The highest BCUT2D eigenvalue weighted by atomic mass is 35.5. The lowest BCUT2D eigenvalue weighted by molar-refractivity contribution is -0.150. The fourth-order valence-electron chi connectivity index (χ4n) is 5.24. The van der Waals surface area contributed by atoms with Crippen molar-refractivity contribution in [1.29, 1.82) is 5.26 Å². The van der Waals surface area contributed by atoms with Crippen LogP contribution in [0.5, 0.6) is 0 Å². The van der Waals surface area contributed by atoms with Crippen LogP contribution in [0, 0.1) is 34.3 Å². The molecule has 11 heteroatoms. The van der Waals surface area contributed by atoms with Crippen LogP contribution in [0.2, 0.25) is 10.0 Å². The molecule has 0 spiro atoms. The lowest BCUT2D eigenvalue weighted by Crippen LogP contribution is -2.46. The SMILES string of the molecule is CC(C)C(C)(C)C[C@@H]1N[C@@H](C(=O)OC[C@@H](O)CC(N)=O)[C@H](c2cccc(Cl)c2F)[C@@]1(C#N)c1ccc(Cl)cc1F.